The molecule has 0 radical (unpaired) electrons. The quantitative estimate of drug-likeness (QED) is 0.855. The van der Waals surface area contributed by atoms with Crippen molar-refractivity contribution in [3.63, 3.8) is 0 Å². The highest BCUT2D eigenvalue weighted by Gasteiger charge is 2.18. The third-order valence-electron chi connectivity index (χ3n) is 3.07. The molecule has 0 spiro atoms. The maximum Gasteiger partial charge on any atom is 0.118 e. The number of nitrogens with two attached hydrogens (primary N) is 1. The maximum atomic E-state index is 6.03. The summed E-state index contributed by atoms with van der Waals surface area (Å²) in [6.07, 6.45) is 0.958. The third kappa shape index (κ3) is 5.62. The molecule has 2 unspecified atom stereocenters. The average Bonchev–Trinajstić information content (AvgIpc) is 2.33. The molecule has 0 saturated heterocycles. The van der Waals surface area contributed by atoms with Crippen LogP contribution in [0.3, 0.4) is 0 Å². The van der Waals surface area contributed by atoms with Crippen molar-refractivity contribution in [2.24, 2.45) is 11.1 Å². The number of rotatable bonds is 6. The van der Waals surface area contributed by atoms with Crippen molar-refractivity contribution < 1.29 is 9.47 Å². The van der Waals surface area contributed by atoms with Gasteiger partial charge in [0.2, 0.25) is 0 Å². The molecule has 2 atom stereocenters. The zero-order valence-electron chi connectivity index (χ0n) is 12.8. The van der Waals surface area contributed by atoms with Gasteiger partial charge in [0.15, 0.2) is 0 Å². The highest BCUT2D eigenvalue weighted by Crippen LogP contribution is 2.25. The van der Waals surface area contributed by atoms with E-state index in [1.165, 1.54) is 0 Å². The summed E-state index contributed by atoms with van der Waals surface area (Å²) in [5.41, 5.74) is 7.41. The van der Waals surface area contributed by atoms with E-state index in [1.54, 1.807) is 7.11 Å². The van der Waals surface area contributed by atoms with Crippen molar-refractivity contribution >= 4 is 0 Å². The minimum absolute atomic E-state index is 0.0339. The molecule has 0 bridgehead atoms. The van der Waals surface area contributed by atoms with Crippen LogP contribution >= 0.6 is 0 Å². The molecule has 19 heavy (non-hydrogen) atoms. The summed E-state index contributed by atoms with van der Waals surface area (Å²) in [7, 11) is 1.66. The molecule has 0 fully saturated rings. The van der Waals surface area contributed by atoms with Gasteiger partial charge in [0.05, 0.1) is 13.2 Å². The van der Waals surface area contributed by atoms with Gasteiger partial charge in [-0.3, -0.25) is 0 Å². The first-order valence-corrected chi connectivity index (χ1v) is 6.84. The van der Waals surface area contributed by atoms with E-state index < -0.39 is 0 Å². The zero-order chi connectivity index (χ0) is 14.5. The number of ether oxygens (including phenoxy) is 2. The highest BCUT2D eigenvalue weighted by molar-refractivity contribution is 5.29. The van der Waals surface area contributed by atoms with Crippen LogP contribution in [0.15, 0.2) is 24.3 Å². The van der Waals surface area contributed by atoms with Crippen LogP contribution < -0.4 is 10.5 Å². The molecule has 0 aliphatic heterocycles. The van der Waals surface area contributed by atoms with Crippen LogP contribution in [0.4, 0.5) is 0 Å². The molecule has 0 aliphatic rings. The molecule has 0 amide bonds. The van der Waals surface area contributed by atoms with Crippen LogP contribution in [0.25, 0.3) is 0 Å². The predicted molar refractivity (Wildman–Crippen MR) is 79.4 cm³/mol. The summed E-state index contributed by atoms with van der Waals surface area (Å²) in [5, 5.41) is 0. The van der Waals surface area contributed by atoms with Crippen LogP contribution in [-0.4, -0.2) is 19.8 Å². The Morgan fingerprint density at radius 1 is 1.16 bits per heavy atom. The highest BCUT2D eigenvalue weighted by atomic mass is 16.5. The Kier molecular flexibility index (Phi) is 5.83. The minimum Gasteiger partial charge on any atom is -0.497 e. The van der Waals surface area contributed by atoms with Crippen molar-refractivity contribution in [1.82, 2.24) is 0 Å². The van der Waals surface area contributed by atoms with Crippen LogP contribution in [0.2, 0.25) is 0 Å². The van der Waals surface area contributed by atoms with Gasteiger partial charge in [0.1, 0.15) is 5.75 Å². The predicted octanol–water partition coefficient (Wildman–Crippen LogP) is 3.54. The molecular formula is C16H27NO2. The fraction of sp³-hybridized carbons (Fsp3) is 0.625. The van der Waals surface area contributed by atoms with Gasteiger partial charge >= 0.3 is 0 Å². The first-order chi connectivity index (χ1) is 8.83. The van der Waals surface area contributed by atoms with Gasteiger partial charge in [-0.25, -0.2) is 0 Å². The Bertz CT molecular complexity index is 365. The molecule has 3 heteroatoms. The molecule has 0 saturated carbocycles. The smallest absolute Gasteiger partial charge is 0.118 e. The lowest BCUT2D eigenvalue weighted by Gasteiger charge is -2.25. The lowest BCUT2D eigenvalue weighted by atomic mass is 9.93. The molecule has 1 aromatic carbocycles. The first-order valence-electron chi connectivity index (χ1n) is 6.84. The van der Waals surface area contributed by atoms with Gasteiger partial charge in [-0.15, -0.1) is 0 Å². The molecule has 3 nitrogen and oxygen atoms in total. The molecule has 1 aromatic rings. The first kappa shape index (κ1) is 16.0. The Hall–Kier alpha value is -1.06. The second-order valence-corrected chi connectivity index (χ2v) is 6.23. The van der Waals surface area contributed by atoms with Crippen LogP contribution in [0.1, 0.15) is 45.8 Å². The fourth-order valence-electron chi connectivity index (χ4n) is 1.84. The third-order valence-corrected chi connectivity index (χ3v) is 3.07. The van der Waals surface area contributed by atoms with E-state index in [9.17, 15) is 0 Å². The van der Waals surface area contributed by atoms with Gasteiger partial charge in [0, 0.05) is 12.6 Å². The molecule has 0 aromatic heterocycles. The van der Waals surface area contributed by atoms with Crippen LogP contribution in [0.5, 0.6) is 5.75 Å². The van der Waals surface area contributed by atoms with Gasteiger partial charge < -0.3 is 15.2 Å². The van der Waals surface area contributed by atoms with Crippen molar-refractivity contribution in [3.05, 3.63) is 29.8 Å². The number of hydrogen-bond donors (Lipinski definition) is 1. The number of hydrogen-bond acceptors (Lipinski definition) is 3. The van der Waals surface area contributed by atoms with Crippen molar-refractivity contribution in [1.29, 1.82) is 0 Å². The van der Waals surface area contributed by atoms with Crippen molar-refractivity contribution in [2.75, 3.05) is 13.7 Å². The van der Waals surface area contributed by atoms with E-state index in [4.69, 9.17) is 15.2 Å². The minimum atomic E-state index is -0.0618. The lowest BCUT2D eigenvalue weighted by molar-refractivity contribution is 0.0241. The summed E-state index contributed by atoms with van der Waals surface area (Å²) in [6, 6.07) is 7.89. The van der Waals surface area contributed by atoms with Crippen molar-refractivity contribution in [2.45, 2.75) is 46.3 Å². The Morgan fingerprint density at radius 2 is 1.74 bits per heavy atom. The summed E-state index contributed by atoms with van der Waals surface area (Å²) in [5.74, 6) is 0.849. The van der Waals surface area contributed by atoms with E-state index in [2.05, 4.69) is 20.8 Å². The Labute approximate surface area is 117 Å². The second-order valence-electron chi connectivity index (χ2n) is 6.23. The molecule has 2 N–H and O–H groups in total. The zero-order valence-corrected chi connectivity index (χ0v) is 12.8. The SMILES string of the molecule is COc1ccc(C(OCCC(C)(C)C)C(C)N)cc1. The maximum absolute atomic E-state index is 6.03. The molecule has 0 aliphatic carbocycles. The Balaban J connectivity index is 2.66. The fourth-order valence-corrected chi connectivity index (χ4v) is 1.84. The largest absolute Gasteiger partial charge is 0.497 e. The molecule has 108 valence electrons. The average molecular weight is 265 g/mol. The van der Waals surface area contributed by atoms with Gasteiger partial charge in [-0.05, 0) is 36.5 Å². The molecular weight excluding hydrogens is 238 g/mol. The van der Waals surface area contributed by atoms with E-state index in [0.717, 1.165) is 24.3 Å². The number of benzene rings is 1. The summed E-state index contributed by atoms with van der Waals surface area (Å²) in [6.45, 7) is 9.34. The van der Waals surface area contributed by atoms with Gasteiger partial charge in [0.25, 0.3) is 0 Å². The van der Waals surface area contributed by atoms with E-state index in [-0.39, 0.29) is 17.6 Å². The standard InChI is InChI=1S/C16H27NO2/c1-12(17)15(19-11-10-16(2,3)4)13-6-8-14(18-5)9-7-13/h6-9,12,15H,10-11,17H2,1-5H3. The van der Waals surface area contributed by atoms with E-state index in [1.807, 2.05) is 31.2 Å². The topological polar surface area (TPSA) is 44.5 Å². The number of methoxy groups -OCH3 is 1. The monoisotopic (exact) mass is 265 g/mol. The normalized spacial score (nSPS) is 15.1. The van der Waals surface area contributed by atoms with Crippen molar-refractivity contribution in [3.8, 4) is 5.75 Å². The summed E-state index contributed by atoms with van der Waals surface area (Å²) < 4.78 is 11.1. The summed E-state index contributed by atoms with van der Waals surface area (Å²) >= 11 is 0. The second kappa shape index (κ2) is 6.92. The van der Waals surface area contributed by atoms with Gasteiger partial charge in [-0.1, -0.05) is 32.9 Å². The Morgan fingerprint density at radius 3 is 2.16 bits per heavy atom. The van der Waals surface area contributed by atoms with E-state index >= 15 is 0 Å². The lowest BCUT2D eigenvalue weighted by Crippen LogP contribution is -2.28. The van der Waals surface area contributed by atoms with Crippen LogP contribution in [0, 0.1) is 5.41 Å². The van der Waals surface area contributed by atoms with Gasteiger partial charge in [-0.2, -0.15) is 0 Å². The molecule has 0 heterocycles. The van der Waals surface area contributed by atoms with E-state index in [0.29, 0.717) is 0 Å². The van der Waals surface area contributed by atoms with Crippen LogP contribution in [-0.2, 0) is 4.74 Å². The molecule has 1 rings (SSSR count). The summed E-state index contributed by atoms with van der Waals surface area (Å²) in [4.78, 5) is 0.